The number of amides is 1. The molecule has 0 aromatic carbocycles. The average Bonchev–Trinajstić information content (AvgIpc) is 2.26. The minimum Gasteiger partial charge on any atom is -0.353 e. The van der Waals surface area contributed by atoms with E-state index in [1.165, 1.54) is 0 Å². The van der Waals surface area contributed by atoms with Crippen molar-refractivity contribution in [2.75, 3.05) is 19.6 Å². The topological polar surface area (TPSA) is 58.4 Å². The van der Waals surface area contributed by atoms with E-state index in [-0.39, 0.29) is 11.8 Å². The Labute approximate surface area is 99.6 Å². The van der Waals surface area contributed by atoms with E-state index in [2.05, 4.69) is 31.0 Å². The zero-order valence-corrected chi connectivity index (χ0v) is 11.3. The number of carbonyl (C=O) groups excluding carboxylic acids is 1. The van der Waals surface area contributed by atoms with Crippen molar-refractivity contribution < 1.29 is 4.79 Å². The number of nitrogens with two attached hydrogens (primary N) is 1. The summed E-state index contributed by atoms with van der Waals surface area (Å²) in [6.07, 6.45) is 0. The van der Waals surface area contributed by atoms with Crippen LogP contribution in [0.3, 0.4) is 0 Å². The molecule has 1 amide bonds. The molecule has 96 valence electrons. The van der Waals surface area contributed by atoms with Gasteiger partial charge in [-0.15, -0.1) is 0 Å². The highest BCUT2D eigenvalue weighted by Gasteiger charge is 2.18. The van der Waals surface area contributed by atoms with Crippen LogP contribution in [-0.2, 0) is 4.79 Å². The molecule has 0 aliphatic carbocycles. The second kappa shape index (κ2) is 7.63. The number of nitrogens with zero attached hydrogens (tertiary/aromatic N) is 1. The summed E-state index contributed by atoms with van der Waals surface area (Å²) >= 11 is 0. The van der Waals surface area contributed by atoms with Crippen LogP contribution in [0.4, 0.5) is 0 Å². The highest BCUT2D eigenvalue weighted by atomic mass is 16.2. The molecule has 0 aromatic heterocycles. The van der Waals surface area contributed by atoms with Crippen molar-refractivity contribution in [3.05, 3.63) is 0 Å². The number of likely N-dealkylation sites (N-methyl/N-ethyl adjacent to an activating group) is 1. The Morgan fingerprint density at radius 1 is 1.25 bits per heavy atom. The SMILES string of the molecule is CCN(CC)C(C)CNC(=O)[C@@H](N)C(C)C. The van der Waals surface area contributed by atoms with Gasteiger partial charge >= 0.3 is 0 Å². The Kier molecular flexibility index (Phi) is 7.34. The summed E-state index contributed by atoms with van der Waals surface area (Å²) in [5.41, 5.74) is 5.76. The van der Waals surface area contributed by atoms with Crippen LogP contribution in [0.2, 0.25) is 0 Å². The Bertz CT molecular complexity index is 202. The smallest absolute Gasteiger partial charge is 0.237 e. The fourth-order valence-corrected chi connectivity index (χ4v) is 1.64. The zero-order valence-electron chi connectivity index (χ0n) is 11.3. The minimum atomic E-state index is -0.399. The number of rotatable bonds is 7. The molecule has 16 heavy (non-hydrogen) atoms. The van der Waals surface area contributed by atoms with Gasteiger partial charge in [0.2, 0.25) is 5.91 Å². The third kappa shape index (κ3) is 4.94. The zero-order chi connectivity index (χ0) is 12.7. The quantitative estimate of drug-likeness (QED) is 0.679. The molecule has 2 atom stereocenters. The summed E-state index contributed by atoms with van der Waals surface area (Å²) in [6.45, 7) is 13.0. The second-order valence-corrected chi connectivity index (χ2v) is 4.59. The van der Waals surface area contributed by atoms with Gasteiger partial charge < -0.3 is 11.1 Å². The maximum Gasteiger partial charge on any atom is 0.237 e. The van der Waals surface area contributed by atoms with Gasteiger partial charge in [-0.2, -0.15) is 0 Å². The summed E-state index contributed by atoms with van der Waals surface area (Å²) in [7, 11) is 0. The van der Waals surface area contributed by atoms with Crippen LogP contribution in [0.5, 0.6) is 0 Å². The molecule has 0 bridgehead atoms. The lowest BCUT2D eigenvalue weighted by Crippen LogP contribution is -2.48. The lowest BCUT2D eigenvalue weighted by molar-refractivity contribution is -0.123. The molecule has 0 spiro atoms. The van der Waals surface area contributed by atoms with E-state index in [1.807, 2.05) is 13.8 Å². The van der Waals surface area contributed by atoms with Crippen LogP contribution in [0, 0.1) is 5.92 Å². The number of hydrogen-bond donors (Lipinski definition) is 2. The van der Waals surface area contributed by atoms with Gasteiger partial charge in [0, 0.05) is 12.6 Å². The molecule has 0 aliphatic rings. The summed E-state index contributed by atoms with van der Waals surface area (Å²) in [4.78, 5) is 13.9. The van der Waals surface area contributed by atoms with Crippen LogP contribution in [-0.4, -0.2) is 42.5 Å². The molecule has 0 radical (unpaired) electrons. The van der Waals surface area contributed by atoms with E-state index >= 15 is 0 Å². The third-order valence-electron chi connectivity index (χ3n) is 3.03. The number of hydrogen-bond acceptors (Lipinski definition) is 3. The minimum absolute atomic E-state index is 0.0472. The van der Waals surface area contributed by atoms with E-state index < -0.39 is 6.04 Å². The first-order chi connectivity index (χ1) is 7.43. The largest absolute Gasteiger partial charge is 0.353 e. The summed E-state index contributed by atoms with van der Waals surface area (Å²) in [5.74, 6) is 0.137. The average molecular weight is 229 g/mol. The predicted octanol–water partition coefficient (Wildman–Crippen LogP) is 0.816. The van der Waals surface area contributed by atoms with Crippen molar-refractivity contribution in [2.24, 2.45) is 11.7 Å². The Morgan fingerprint density at radius 3 is 2.12 bits per heavy atom. The molecule has 0 heterocycles. The van der Waals surface area contributed by atoms with E-state index in [0.717, 1.165) is 13.1 Å². The Balaban J connectivity index is 4.00. The molecule has 0 aromatic rings. The van der Waals surface area contributed by atoms with Crippen molar-refractivity contribution in [3.63, 3.8) is 0 Å². The Hall–Kier alpha value is -0.610. The van der Waals surface area contributed by atoms with Gasteiger partial charge in [0.25, 0.3) is 0 Å². The first-order valence-electron chi connectivity index (χ1n) is 6.21. The molecule has 1 unspecified atom stereocenters. The Morgan fingerprint density at radius 2 is 1.75 bits per heavy atom. The van der Waals surface area contributed by atoms with Crippen LogP contribution in [0.25, 0.3) is 0 Å². The van der Waals surface area contributed by atoms with E-state index in [4.69, 9.17) is 5.73 Å². The van der Waals surface area contributed by atoms with E-state index in [9.17, 15) is 4.79 Å². The monoisotopic (exact) mass is 229 g/mol. The molecular formula is C12H27N3O. The van der Waals surface area contributed by atoms with Crippen molar-refractivity contribution in [3.8, 4) is 0 Å². The van der Waals surface area contributed by atoms with Gasteiger partial charge in [-0.3, -0.25) is 9.69 Å². The van der Waals surface area contributed by atoms with Gasteiger partial charge in [0.05, 0.1) is 6.04 Å². The molecule has 0 aliphatic heterocycles. The van der Waals surface area contributed by atoms with Crippen LogP contribution >= 0.6 is 0 Å². The van der Waals surface area contributed by atoms with Crippen LogP contribution in [0.1, 0.15) is 34.6 Å². The molecular weight excluding hydrogens is 202 g/mol. The van der Waals surface area contributed by atoms with Crippen molar-refractivity contribution in [1.29, 1.82) is 0 Å². The molecule has 3 N–H and O–H groups in total. The maximum atomic E-state index is 11.6. The standard InChI is InChI=1S/C12H27N3O/c1-6-15(7-2)10(5)8-14-12(16)11(13)9(3)4/h9-11H,6-8,13H2,1-5H3,(H,14,16)/t10?,11-/m0/s1. The van der Waals surface area contributed by atoms with Crippen molar-refractivity contribution in [2.45, 2.75) is 46.7 Å². The van der Waals surface area contributed by atoms with E-state index in [1.54, 1.807) is 0 Å². The molecule has 4 nitrogen and oxygen atoms in total. The highest BCUT2D eigenvalue weighted by molar-refractivity contribution is 5.81. The molecule has 0 saturated carbocycles. The summed E-state index contributed by atoms with van der Waals surface area (Å²) in [6, 6.07) is -0.0396. The predicted molar refractivity (Wildman–Crippen MR) is 68.2 cm³/mol. The second-order valence-electron chi connectivity index (χ2n) is 4.59. The van der Waals surface area contributed by atoms with Gasteiger partial charge in [-0.25, -0.2) is 0 Å². The summed E-state index contributed by atoms with van der Waals surface area (Å²) < 4.78 is 0. The number of carbonyl (C=O) groups is 1. The highest BCUT2D eigenvalue weighted by Crippen LogP contribution is 2.00. The van der Waals surface area contributed by atoms with Gasteiger partial charge in [-0.1, -0.05) is 27.7 Å². The fraction of sp³-hybridized carbons (Fsp3) is 0.917. The first kappa shape index (κ1) is 15.4. The first-order valence-corrected chi connectivity index (χ1v) is 6.21. The van der Waals surface area contributed by atoms with Crippen LogP contribution < -0.4 is 11.1 Å². The molecule has 4 heteroatoms. The maximum absolute atomic E-state index is 11.6. The molecule has 0 saturated heterocycles. The van der Waals surface area contributed by atoms with Gasteiger partial charge in [0.15, 0.2) is 0 Å². The van der Waals surface area contributed by atoms with Crippen molar-refractivity contribution >= 4 is 5.91 Å². The summed E-state index contributed by atoms with van der Waals surface area (Å²) in [5, 5.41) is 2.91. The fourth-order valence-electron chi connectivity index (χ4n) is 1.64. The molecule has 0 fully saturated rings. The lowest BCUT2D eigenvalue weighted by Gasteiger charge is -2.27. The third-order valence-corrected chi connectivity index (χ3v) is 3.03. The van der Waals surface area contributed by atoms with E-state index in [0.29, 0.717) is 12.6 Å². The van der Waals surface area contributed by atoms with Gasteiger partial charge in [0.1, 0.15) is 0 Å². The number of nitrogens with one attached hydrogen (secondary N) is 1. The van der Waals surface area contributed by atoms with Gasteiger partial charge in [-0.05, 0) is 25.9 Å². The normalized spacial score (nSPS) is 15.2. The van der Waals surface area contributed by atoms with Crippen LogP contribution in [0.15, 0.2) is 0 Å². The lowest BCUT2D eigenvalue weighted by atomic mass is 10.1. The molecule has 0 rings (SSSR count). The van der Waals surface area contributed by atoms with Crippen molar-refractivity contribution in [1.82, 2.24) is 10.2 Å².